The molecule has 2 aromatic rings. The van der Waals surface area contributed by atoms with Crippen LogP contribution in [0.25, 0.3) is 6.08 Å². The van der Waals surface area contributed by atoms with Crippen molar-refractivity contribution in [3.05, 3.63) is 36.4 Å². The molecule has 0 aliphatic rings. The van der Waals surface area contributed by atoms with E-state index in [4.69, 9.17) is 9.47 Å². The summed E-state index contributed by atoms with van der Waals surface area (Å²) in [4.78, 5) is 23.2. The van der Waals surface area contributed by atoms with E-state index < -0.39 is 16.1 Å². The Bertz CT molecular complexity index is 878. The summed E-state index contributed by atoms with van der Waals surface area (Å²) >= 11 is 0. The average molecular weight is 365 g/mol. The molecule has 132 valence electrons. The minimum absolute atomic E-state index is 0.0917. The normalized spacial score (nSPS) is 10.6. The molecule has 1 aromatic heterocycles. The highest BCUT2D eigenvalue weighted by Gasteiger charge is 2.21. The molecule has 0 saturated carbocycles. The minimum Gasteiger partial charge on any atom is -0.467 e. The number of benzene rings is 1. The Morgan fingerprint density at radius 2 is 1.72 bits per heavy atom. The number of sulfonamides is 1. The maximum absolute atomic E-state index is 12.3. The van der Waals surface area contributed by atoms with E-state index in [1.165, 1.54) is 32.4 Å². The number of methoxy groups -OCH3 is 2. The van der Waals surface area contributed by atoms with Crippen LogP contribution in [0.4, 0.5) is 10.7 Å². The fourth-order valence-electron chi connectivity index (χ4n) is 1.77. The monoisotopic (exact) mass is 365 g/mol. The smallest absolute Gasteiger partial charge is 0.335 e. The van der Waals surface area contributed by atoms with Gasteiger partial charge in [0.05, 0.1) is 19.1 Å². The zero-order valence-electron chi connectivity index (χ0n) is 13.4. The first-order valence-electron chi connectivity index (χ1n) is 6.79. The van der Waals surface area contributed by atoms with Crippen LogP contribution in [0.1, 0.15) is 5.56 Å². The molecule has 0 atom stereocenters. The topological polar surface area (TPSA) is 132 Å². The van der Waals surface area contributed by atoms with Crippen molar-refractivity contribution in [3.8, 4) is 12.0 Å². The zero-order chi connectivity index (χ0) is 18.4. The lowest BCUT2D eigenvalue weighted by Gasteiger charge is -2.10. The van der Waals surface area contributed by atoms with Gasteiger partial charge in [0.2, 0.25) is 5.95 Å². The van der Waals surface area contributed by atoms with Gasteiger partial charge >= 0.3 is 18.1 Å². The summed E-state index contributed by atoms with van der Waals surface area (Å²) in [5.41, 5.74) is 0.353. The second-order valence-corrected chi connectivity index (χ2v) is 6.08. The Morgan fingerprint density at radius 1 is 1.12 bits per heavy atom. The molecule has 0 bridgehead atoms. The Hall–Kier alpha value is -3.21. The maximum atomic E-state index is 12.3. The summed E-state index contributed by atoms with van der Waals surface area (Å²) in [5, 5.41) is 2.18. The lowest BCUT2D eigenvalue weighted by Crippen LogP contribution is -2.35. The number of anilines is 1. The number of urea groups is 1. The third-order valence-electron chi connectivity index (χ3n) is 2.84. The molecule has 1 aromatic carbocycles. The number of ether oxygens (including phenoxy) is 2. The lowest BCUT2D eigenvalue weighted by molar-refractivity contribution is 0.256. The first-order valence-corrected chi connectivity index (χ1v) is 8.27. The average Bonchev–Trinajstić information content (AvgIpc) is 2.60. The molecule has 0 unspecified atom stereocenters. The number of hydrogen-bond donors (Lipinski definition) is 2. The van der Waals surface area contributed by atoms with Crippen LogP contribution in [-0.2, 0) is 10.0 Å². The first-order chi connectivity index (χ1) is 11.9. The number of nitrogens with zero attached hydrogens (tertiary/aromatic N) is 3. The third-order valence-corrected chi connectivity index (χ3v) is 4.25. The number of hydrogen-bond acceptors (Lipinski definition) is 8. The molecule has 2 N–H and O–H groups in total. The van der Waals surface area contributed by atoms with Gasteiger partial charge in [0.1, 0.15) is 0 Å². The maximum Gasteiger partial charge on any atom is 0.335 e. The molecule has 0 saturated heterocycles. The summed E-state index contributed by atoms with van der Waals surface area (Å²) < 4.78 is 36.2. The molecule has 25 heavy (non-hydrogen) atoms. The fourth-order valence-corrected chi connectivity index (χ4v) is 2.90. The van der Waals surface area contributed by atoms with Crippen LogP contribution in [-0.4, -0.2) is 43.6 Å². The zero-order valence-corrected chi connectivity index (χ0v) is 14.2. The van der Waals surface area contributed by atoms with Crippen molar-refractivity contribution in [1.82, 2.24) is 19.7 Å². The van der Waals surface area contributed by atoms with Crippen molar-refractivity contribution in [2.75, 3.05) is 19.5 Å². The molecule has 0 radical (unpaired) electrons. The van der Waals surface area contributed by atoms with E-state index >= 15 is 0 Å². The van der Waals surface area contributed by atoms with Gasteiger partial charge in [-0.15, -0.1) is 4.98 Å². The molecule has 0 fully saturated rings. The van der Waals surface area contributed by atoms with Crippen molar-refractivity contribution in [1.29, 1.82) is 0 Å². The van der Waals surface area contributed by atoms with Crippen LogP contribution in [0.15, 0.2) is 35.7 Å². The highest BCUT2D eigenvalue weighted by atomic mass is 32.2. The van der Waals surface area contributed by atoms with E-state index in [2.05, 4.69) is 26.8 Å². The molecule has 2 amide bonds. The fraction of sp³-hybridized carbons (Fsp3) is 0.143. The largest absolute Gasteiger partial charge is 0.467 e. The predicted octanol–water partition coefficient (Wildman–Crippen LogP) is 1.04. The van der Waals surface area contributed by atoms with E-state index in [1.54, 1.807) is 12.1 Å². The van der Waals surface area contributed by atoms with Crippen molar-refractivity contribution in [2.45, 2.75) is 4.90 Å². The number of nitrogens with one attached hydrogen (secondary N) is 2. The summed E-state index contributed by atoms with van der Waals surface area (Å²) in [7, 11) is -1.49. The second kappa shape index (κ2) is 7.57. The molecule has 2 rings (SSSR count). The predicted molar refractivity (Wildman–Crippen MR) is 88.8 cm³/mol. The Labute approximate surface area is 144 Å². The molecule has 11 heteroatoms. The van der Waals surface area contributed by atoms with Crippen molar-refractivity contribution in [2.24, 2.45) is 0 Å². The molecule has 0 aliphatic carbocycles. The number of amides is 2. The van der Waals surface area contributed by atoms with E-state index in [0.29, 0.717) is 5.56 Å². The van der Waals surface area contributed by atoms with Gasteiger partial charge in [-0.2, -0.15) is 9.97 Å². The van der Waals surface area contributed by atoms with E-state index in [1.807, 2.05) is 4.72 Å². The Kier molecular flexibility index (Phi) is 5.49. The van der Waals surface area contributed by atoms with Gasteiger partial charge in [-0.1, -0.05) is 30.9 Å². The molecule has 10 nitrogen and oxygen atoms in total. The van der Waals surface area contributed by atoms with Gasteiger partial charge in [-0.3, -0.25) is 5.32 Å². The molecule has 0 aliphatic heterocycles. The van der Waals surface area contributed by atoms with Crippen LogP contribution in [0.5, 0.6) is 12.0 Å². The van der Waals surface area contributed by atoms with Gasteiger partial charge in [0, 0.05) is 0 Å². The quantitative estimate of drug-likeness (QED) is 0.776. The molecular formula is C14H15N5O5S. The van der Waals surface area contributed by atoms with Crippen LogP contribution < -0.4 is 19.5 Å². The SMILES string of the molecule is C=Cc1ccccc1S(=O)(=O)NC(=O)Nc1nc(OC)nc(OC)n1. The van der Waals surface area contributed by atoms with E-state index in [-0.39, 0.29) is 22.9 Å². The molecular weight excluding hydrogens is 350 g/mol. The van der Waals surface area contributed by atoms with Crippen molar-refractivity contribution >= 4 is 28.1 Å². The molecule has 0 spiro atoms. The highest BCUT2D eigenvalue weighted by Crippen LogP contribution is 2.16. The second-order valence-electron chi connectivity index (χ2n) is 4.43. The summed E-state index contributed by atoms with van der Waals surface area (Å²) in [6.07, 6.45) is 1.37. The number of carbonyl (C=O) groups excluding carboxylic acids is 1. The number of carbonyl (C=O) groups is 1. The first kappa shape index (κ1) is 18.1. The van der Waals surface area contributed by atoms with Gasteiger partial charge in [-0.25, -0.2) is 17.9 Å². The van der Waals surface area contributed by atoms with Crippen molar-refractivity contribution in [3.63, 3.8) is 0 Å². The van der Waals surface area contributed by atoms with Crippen LogP contribution in [0.2, 0.25) is 0 Å². The van der Waals surface area contributed by atoms with Crippen LogP contribution in [0, 0.1) is 0 Å². The van der Waals surface area contributed by atoms with E-state index in [0.717, 1.165) is 0 Å². The standard InChI is InChI=1S/C14H15N5O5S/c1-4-9-7-5-6-8-10(9)25(21,22)19-12(20)15-11-16-13(23-2)18-14(17-11)24-3/h4-8H,1H2,2-3H3,(H2,15,16,17,18,19,20). The number of aromatic nitrogens is 3. The Balaban J connectivity index is 2.21. The third kappa shape index (κ3) is 4.41. The summed E-state index contributed by atoms with van der Waals surface area (Å²) in [5.74, 6) is -0.242. The van der Waals surface area contributed by atoms with Gasteiger partial charge in [0.25, 0.3) is 10.0 Å². The van der Waals surface area contributed by atoms with Gasteiger partial charge < -0.3 is 9.47 Å². The van der Waals surface area contributed by atoms with Crippen LogP contribution >= 0.6 is 0 Å². The van der Waals surface area contributed by atoms with Crippen LogP contribution in [0.3, 0.4) is 0 Å². The molecule has 1 heterocycles. The summed E-state index contributed by atoms with van der Waals surface area (Å²) in [6, 6.07) is 4.81. The lowest BCUT2D eigenvalue weighted by atomic mass is 10.2. The van der Waals surface area contributed by atoms with E-state index in [9.17, 15) is 13.2 Å². The summed E-state index contributed by atoms with van der Waals surface area (Å²) in [6.45, 7) is 3.54. The van der Waals surface area contributed by atoms with Crippen molar-refractivity contribution < 1.29 is 22.7 Å². The minimum atomic E-state index is -4.12. The highest BCUT2D eigenvalue weighted by molar-refractivity contribution is 7.90. The number of rotatable bonds is 6. The van der Waals surface area contributed by atoms with Gasteiger partial charge in [0.15, 0.2) is 0 Å². The Morgan fingerprint density at radius 3 is 2.28 bits per heavy atom. The van der Waals surface area contributed by atoms with Gasteiger partial charge in [-0.05, 0) is 11.6 Å².